The standard InChI is InChI=1S/C15H30N2O2S/c1-3-15(9-4-5-10-15)14(17-16)12-7-6-8-13(11-12)20(2,18)19/h12-14,17H,3-11,16H2,1-2H3. The van der Waals surface area contributed by atoms with Crippen LogP contribution in [-0.2, 0) is 9.84 Å². The zero-order chi connectivity index (χ0) is 14.8. The van der Waals surface area contributed by atoms with Crippen LogP contribution in [0.1, 0.15) is 64.7 Å². The summed E-state index contributed by atoms with van der Waals surface area (Å²) in [6.07, 6.45) is 11.3. The molecule has 118 valence electrons. The van der Waals surface area contributed by atoms with E-state index < -0.39 is 9.84 Å². The number of rotatable bonds is 5. The van der Waals surface area contributed by atoms with Crippen LogP contribution in [0, 0.1) is 11.3 Å². The summed E-state index contributed by atoms with van der Waals surface area (Å²) in [6, 6.07) is 0.277. The molecule has 0 radical (unpaired) electrons. The molecule has 2 saturated carbocycles. The minimum absolute atomic E-state index is 0.160. The largest absolute Gasteiger partial charge is 0.271 e. The molecule has 4 nitrogen and oxygen atoms in total. The van der Waals surface area contributed by atoms with Gasteiger partial charge in [-0.15, -0.1) is 0 Å². The highest BCUT2D eigenvalue weighted by Gasteiger charge is 2.45. The molecule has 0 aromatic heterocycles. The Morgan fingerprint density at radius 3 is 2.40 bits per heavy atom. The second-order valence-corrected chi connectivity index (χ2v) is 9.27. The second-order valence-electron chi connectivity index (χ2n) is 6.95. The lowest BCUT2D eigenvalue weighted by atomic mass is 9.68. The van der Waals surface area contributed by atoms with Gasteiger partial charge in [-0.3, -0.25) is 11.3 Å². The Morgan fingerprint density at radius 1 is 1.25 bits per heavy atom. The van der Waals surface area contributed by atoms with Gasteiger partial charge in [-0.1, -0.05) is 26.2 Å². The van der Waals surface area contributed by atoms with Crippen molar-refractivity contribution in [1.29, 1.82) is 0 Å². The fraction of sp³-hybridized carbons (Fsp3) is 1.00. The van der Waals surface area contributed by atoms with Gasteiger partial charge in [0, 0.05) is 12.3 Å². The van der Waals surface area contributed by atoms with Crippen molar-refractivity contribution in [2.24, 2.45) is 17.2 Å². The van der Waals surface area contributed by atoms with Gasteiger partial charge in [0.1, 0.15) is 9.84 Å². The molecule has 0 heterocycles. The fourth-order valence-electron chi connectivity index (χ4n) is 4.65. The van der Waals surface area contributed by atoms with Crippen LogP contribution in [0.4, 0.5) is 0 Å². The summed E-state index contributed by atoms with van der Waals surface area (Å²) in [4.78, 5) is 0. The maximum absolute atomic E-state index is 11.9. The van der Waals surface area contributed by atoms with E-state index in [-0.39, 0.29) is 11.3 Å². The molecule has 0 aromatic carbocycles. The van der Waals surface area contributed by atoms with Gasteiger partial charge in [-0.05, 0) is 49.9 Å². The number of nitrogens with two attached hydrogens (primary N) is 1. The second kappa shape index (κ2) is 6.32. The van der Waals surface area contributed by atoms with E-state index in [1.807, 2.05) is 0 Å². The Morgan fingerprint density at radius 2 is 1.90 bits per heavy atom. The van der Waals surface area contributed by atoms with Gasteiger partial charge in [0.05, 0.1) is 5.25 Å². The minimum atomic E-state index is -2.92. The molecule has 0 aromatic rings. The smallest absolute Gasteiger partial charge is 0.150 e. The van der Waals surface area contributed by atoms with Gasteiger partial charge in [-0.2, -0.15) is 0 Å². The van der Waals surface area contributed by atoms with E-state index in [9.17, 15) is 8.42 Å². The van der Waals surface area contributed by atoms with Gasteiger partial charge in [0.2, 0.25) is 0 Å². The number of hydrogen-bond acceptors (Lipinski definition) is 4. The van der Waals surface area contributed by atoms with E-state index >= 15 is 0 Å². The minimum Gasteiger partial charge on any atom is -0.271 e. The summed E-state index contributed by atoms with van der Waals surface area (Å²) >= 11 is 0. The molecule has 3 unspecified atom stereocenters. The van der Waals surface area contributed by atoms with Crippen molar-refractivity contribution in [2.45, 2.75) is 76.0 Å². The van der Waals surface area contributed by atoms with Crippen LogP contribution in [0.15, 0.2) is 0 Å². The molecule has 3 N–H and O–H groups in total. The van der Waals surface area contributed by atoms with E-state index in [4.69, 9.17) is 5.84 Å². The predicted molar refractivity (Wildman–Crippen MR) is 82.9 cm³/mol. The lowest BCUT2D eigenvalue weighted by Gasteiger charge is -2.44. The van der Waals surface area contributed by atoms with Crippen LogP contribution in [0.25, 0.3) is 0 Å². The molecule has 3 atom stereocenters. The first-order chi connectivity index (χ1) is 9.43. The molecule has 2 aliphatic rings. The van der Waals surface area contributed by atoms with Gasteiger partial charge >= 0.3 is 0 Å². The molecule has 0 saturated heterocycles. The monoisotopic (exact) mass is 302 g/mol. The SMILES string of the molecule is CCC1(C(NN)C2CCCC(S(C)(=O)=O)C2)CCCC1. The van der Waals surface area contributed by atoms with E-state index in [2.05, 4.69) is 12.3 Å². The Kier molecular flexibility index (Phi) is 5.14. The van der Waals surface area contributed by atoms with Crippen LogP contribution in [0.2, 0.25) is 0 Å². The highest BCUT2D eigenvalue weighted by atomic mass is 32.2. The summed E-state index contributed by atoms with van der Waals surface area (Å²) in [5, 5.41) is -0.160. The Labute approximate surface area is 123 Å². The number of hydrazine groups is 1. The highest BCUT2D eigenvalue weighted by Crippen LogP contribution is 2.48. The van der Waals surface area contributed by atoms with Gasteiger partial charge in [0.25, 0.3) is 0 Å². The Bertz CT molecular complexity index is 416. The van der Waals surface area contributed by atoms with Crippen molar-refractivity contribution >= 4 is 9.84 Å². The van der Waals surface area contributed by atoms with E-state index in [0.29, 0.717) is 11.3 Å². The maximum atomic E-state index is 11.9. The number of sulfone groups is 1. The van der Waals surface area contributed by atoms with Crippen LogP contribution < -0.4 is 11.3 Å². The molecule has 0 amide bonds. The van der Waals surface area contributed by atoms with Gasteiger partial charge in [-0.25, -0.2) is 8.42 Å². The van der Waals surface area contributed by atoms with Gasteiger partial charge < -0.3 is 0 Å². The summed E-state index contributed by atoms with van der Waals surface area (Å²) in [6.45, 7) is 2.26. The first kappa shape index (κ1) is 16.2. The first-order valence-corrected chi connectivity index (χ1v) is 10.0. The lowest BCUT2D eigenvalue weighted by molar-refractivity contribution is 0.110. The summed E-state index contributed by atoms with van der Waals surface area (Å²) in [7, 11) is -2.92. The number of hydrogen-bond donors (Lipinski definition) is 2. The van der Waals surface area contributed by atoms with Crippen LogP contribution in [-0.4, -0.2) is 26.0 Å². The topological polar surface area (TPSA) is 72.2 Å². The predicted octanol–water partition coefficient (Wildman–Crippen LogP) is 2.39. The van der Waals surface area contributed by atoms with Gasteiger partial charge in [0.15, 0.2) is 0 Å². The maximum Gasteiger partial charge on any atom is 0.150 e. The normalized spacial score (nSPS) is 32.1. The Balaban J connectivity index is 2.15. The van der Waals surface area contributed by atoms with E-state index in [0.717, 1.165) is 32.1 Å². The van der Waals surface area contributed by atoms with E-state index in [1.54, 1.807) is 0 Å². The average Bonchev–Trinajstić information content (AvgIpc) is 2.89. The fourth-order valence-corrected chi connectivity index (χ4v) is 5.84. The van der Waals surface area contributed by atoms with Crippen molar-refractivity contribution in [2.75, 3.05) is 6.26 Å². The third-order valence-corrected chi connectivity index (χ3v) is 7.53. The molecule has 20 heavy (non-hydrogen) atoms. The molecule has 0 spiro atoms. The summed E-state index contributed by atoms with van der Waals surface area (Å²) in [5.41, 5.74) is 3.37. The average molecular weight is 302 g/mol. The molecular formula is C15H30N2O2S. The number of nitrogens with one attached hydrogen (secondary N) is 1. The third kappa shape index (κ3) is 3.20. The molecule has 2 aliphatic carbocycles. The van der Waals surface area contributed by atoms with E-state index in [1.165, 1.54) is 31.9 Å². The van der Waals surface area contributed by atoms with Crippen LogP contribution in [0.5, 0.6) is 0 Å². The Hall–Kier alpha value is -0.130. The van der Waals surface area contributed by atoms with Crippen LogP contribution >= 0.6 is 0 Å². The lowest BCUT2D eigenvalue weighted by Crippen LogP contribution is -2.53. The first-order valence-electron chi connectivity index (χ1n) is 8.08. The van der Waals surface area contributed by atoms with Crippen molar-refractivity contribution in [3.8, 4) is 0 Å². The van der Waals surface area contributed by atoms with Crippen LogP contribution in [0.3, 0.4) is 0 Å². The highest BCUT2D eigenvalue weighted by molar-refractivity contribution is 7.91. The molecule has 2 fully saturated rings. The molecule has 0 bridgehead atoms. The zero-order valence-electron chi connectivity index (χ0n) is 12.9. The van der Waals surface area contributed by atoms with Crippen molar-refractivity contribution in [1.82, 2.24) is 5.43 Å². The quantitative estimate of drug-likeness (QED) is 0.604. The molecule has 0 aliphatic heterocycles. The molecular weight excluding hydrogens is 272 g/mol. The summed E-state index contributed by atoms with van der Waals surface area (Å²) in [5.74, 6) is 6.31. The molecule has 5 heteroatoms. The third-order valence-electron chi connectivity index (χ3n) is 5.89. The molecule has 2 rings (SSSR count). The zero-order valence-corrected chi connectivity index (χ0v) is 13.7. The summed E-state index contributed by atoms with van der Waals surface area (Å²) < 4.78 is 23.7. The van der Waals surface area contributed by atoms with Crippen molar-refractivity contribution in [3.63, 3.8) is 0 Å². The van der Waals surface area contributed by atoms with Crippen molar-refractivity contribution < 1.29 is 8.42 Å². The van der Waals surface area contributed by atoms with Crippen molar-refractivity contribution in [3.05, 3.63) is 0 Å².